The minimum atomic E-state index is -5.50. The van der Waals surface area contributed by atoms with Crippen LogP contribution in [0.5, 0.6) is 0 Å². The maximum atomic E-state index is 13.7. The summed E-state index contributed by atoms with van der Waals surface area (Å²) in [5, 5.41) is 26.0. The van der Waals surface area contributed by atoms with E-state index in [1.807, 2.05) is 6.07 Å². The molecule has 67 heavy (non-hydrogen) atoms. The molecule has 0 spiro atoms. The number of ketones is 1. The molecule has 0 radical (unpaired) electrons. The third-order valence-corrected chi connectivity index (χ3v) is 12.1. The number of para-hydroxylation sites is 1. The number of anilines is 6. The zero-order valence-electron chi connectivity index (χ0n) is 36.8. The summed E-state index contributed by atoms with van der Waals surface area (Å²) in [6.45, 7) is 7.73. The largest absolute Gasteiger partial charge is 1.00 e. The van der Waals surface area contributed by atoms with Crippen LogP contribution in [-0.2, 0) is 30.4 Å². The third kappa shape index (κ3) is 14.8. The number of nitrogens with one attached hydrogen (secondary N) is 3. The molecule has 0 atom stereocenters. The number of rotatable bonds is 17. The Bertz CT molecular complexity index is 3090. The summed E-state index contributed by atoms with van der Waals surface area (Å²) in [4.78, 5) is 12.9. The Hall–Kier alpha value is -3.93. The van der Waals surface area contributed by atoms with Crippen LogP contribution in [0, 0.1) is 0 Å². The molecule has 0 saturated heterocycles. The van der Waals surface area contributed by atoms with E-state index < -0.39 is 79.0 Å². The number of azo groups is 2. The number of nitrogens with zero attached hydrogens (tertiary/aromatic N) is 6. The van der Waals surface area contributed by atoms with E-state index in [1.54, 1.807) is 54.6 Å². The van der Waals surface area contributed by atoms with Crippen molar-refractivity contribution in [1.29, 1.82) is 0 Å². The molecule has 7 N–H and O–H groups in total. The van der Waals surface area contributed by atoms with Gasteiger partial charge >= 0.3 is 88.7 Å². The Labute approximate surface area is 453 Å². The molecule has 21 nitrogen and oxygen atoms in total. The van der Waals surface area contributed by atoms with Gasteiger partial charge < -0.3 is 40.7 Å². The zero-order valence-corrected chi connectivity index (χ0v) is 45.2. The van der Waals surface area contributed by atoms with E-state index in [4.69, 9.17) is 11.5 Å². The first-order valence-electron chi connectivity index (χ1n) is 19.0. The van der Waals surface area contributed by atoms with Crippen LogP contribution in [0.3, 0.4) is 0 Å². The molecule has 0 aromatic heterocycles. The topological polar surface area (TPSA) is 342 Å². The van der Waals surface area contributed by atoms with E-state index in [0.29, 0.717) is 40.6 Å². The number of benzene rings is 5. The first-order valence-corrected chi connectivity index (χ1v) is 23.2. The van der Waals surface area contributed by atoms with Gasteiger partial charge in [-0.15, -0.1) is 10.2 Å². The summed E-state index contributed by atoms with van der Waals surface area (Å²) >= 11 is 0. The second-order valence-electron chi connectivity index (χ2n) is 13.7. The van der Waals surface area contributed by atoms with Crippen LogP contribution in [-0.4, -0.2) is 81.5 Å². The van der Waals surface area contributed by atoms with E-state index >= 15 is 0 Å². The van der Waals surface area contributed by atoms with Crippen molar-refractivity contribution in [2.75, 3.05) is 53.7 Å². The first kappa shape index (κ1) is 57.4. The van der Waals surface area contributed by atoms with Crippen molar-refractivity contribution in [1.82, 2.24) is 4.90 Å². The number of nitrogens with two attached hydrogens (primary N) is 2. The first-order chi connectivity index (χ1) is 30.3. The molecule has 1 aliphatic carbocycles. The molecule has 0 amide bonds. The van der Waals surface area contributed by atoms with Crippen LogP contribution in [0.1, 0.15) is 29.8 Å². The number of hydrogen-bond acceptors (Lipinski definition) is 21. The van der Waals surface area contributed by atoms with Crippen LogP contribution < -0.4 is 116 Å². The van der Waals surface area contributed by atoms with Gasteiger partial charge in [0.15, 0.2) is 0 Å². The van der Waals surface area contributed by atoms with Gasteiger partial charge in [0, 0.05) is 24.5 Å². The average Bonchev–Trinajstić information content (AvgIpc) is 3.24. The predicted octanol–water partition coefficient (Wildman–Crippen LogP) is -2.45. The van der Waals surface area contributed by atoms with Gasteiger partial charge in [0.2, 0.25) is 5.78 Å². The van der Waals surface area contributed by atoms with E-state index in [-0.39, 0.29) is 100 Å². The molecule has 5 aromatic carbocycles. The fourth-order valence-electron chi connectivity index (χ4n) is 6.24. The quantitative estimate of drug-likeness (QED) is 0.0212. The zero-order chi connectivity index (χ0) is 46.4. The molecule has 0 heterocycles. The summed E-state index contributed by atoms with van der Waals surface area (Å²) in [6.07, 6.45) is 0.634. The molecule has 5 aromatic rings. The summed E-state index contributed by atoms with van der Waals surface area (Å²) < 4.78 is 111. The van der Waals surface area contributed by atoms with Gasteiger partial charge in [-0.05, 0) is 104 Å². The van der Waals surface area contributed by atoms with Gasteiger partial charge in [0.25, 0.3) is 0 Å². The van der Waals surface area contributed by atoms with Gasteiger partial charge in [-0.1, -0.05) is 32.0 Å². The smallest absolute Gasteiger partial charge is 0.744 e. The molecule has 0 bridgehead atoms. The normalized spacial score (nSPS) is 13.4. The number of fused-ring (bicyclic) bond motifs is 1. The van der Waals surface area contributed by atoms with E-state index in [1.165, 1.54) is 24.3 Å². The number of Topliss-reactive ketones (excluding diaryl/α,β-unsaturated/α-hetero) is 1. The Balaban J connectivity index is 0.00000397. The van der Waals surface area contributed by atoms with E-state index in [2.05, 4.69) is 60.4 Å². The standard InChI is InChI=1S/C40H41N11O10S3.3Na/c1-3-51(4-2)19-18-43-28-14-16-31(30(41)22-28)48-45-27-12-10-25(11-13-27)44-32-17-15-29(23-33(32)62(53,54)55)47-49-38-34(63(56,57)58)20-24-21-35(64(59,60)61)39(40(52)36(24)37(38)42)50-46-26-8-6-5-7-9-26;;;/h5-17,20-23,43-44,46H,3-4,18-19,41-42H2,1-2H3,(H,53,54,55)(H,56,57,58)(H,59,60,61);;;/q;3*+1/p-3. The van der Waals surface area contributed by atoms with Crippen molar-refractivity contribution in [3.63, 3.8) is 0 Å². The fraction of sp³-hybridized carbons (Fsp3) is 0.150. The van der Waals surface area contributed by atoms with Crippen molar-refractivity contribution in [3.05, 3.63) is 113 Å². The van der Waals surface area contributed by atoms with Crippen LogP contribution in [0.25, 0.3) is 6.08 Å². The van der Waals surface area contributed by atoms with E-state index in [9.17, 15) is 43.7 Å². The third-order valence-electron chi connectivity index (χ3n) is 9.50. The second-order valence-corrected chi connectivity index (χ2v) is 17.8. The molecule has 1 aliphatic rings. The number of likely N-dealkylation sites (N-methyl/N-ethyl adjacent to an activating group) is 1. The summed E-state index contributed by atoms with van der Waals surface area (Å²) in [5.74, 6) is -1.25. The van der Waals surface area contributed by atoms with Crippen LogP contribution in [0.15, 0.2) is 137 Å². The summed E-state index contributed by atoms with van der Waals surface area (Å²) in [7, 11) is -16.1. The minimum absolute atomic E-state index is 0. The molecule has 0 aliphatic heterocycles. The number of carbonyl (C=O) groups is 1. The Morgan fingerprint density at radius 3 is 1.87 bits per heavy atom. The molecular formula is C40H38N11Na3O10S3. The number of allylic oxidation sites excluding steroid dienone is 1. The minimum Gasteiger partial charge on any atom is -0.744 e. The Kier molecular flexibility index (Phi) is 21.0. The Morgan fingerprint density at radius 2 is 1.27 bits per heavy atom. The number of hydrogen-bond donors (Lipinski definition) is 5. The van der Waals surface area contributed by atoms with Crippen molar-refractivity contribution in [3.8, 4) is 0 Å². The SMILES string of the molecule is CCN(CC)CCNc1ccc(N=Nc2ccc(Nc3ccc(N=Nc4c(S(=O)(=O)[O-])cc5c(c4N)C(=O)C(=NNc4ccccc4)C(S(=O)(=O)[O-])=C5)cc3S(=O)(=O)[O-])cc2)c(N)c1.[Na+].[Na+].[Na+]. The molecule has 334 valence electrons. The fourth-order valence-corrected chi connectivity index (χ4v) is 8.20. The molecule has 6 rings (SSSR count). The number of carbonyl (C=O) groups excluding carboxylic acids is 1. The van der Waals surface area contributed by atoms with Crippen LogP contribution >= 0.6 is 0 Å². The van der Waals surface area contributed by atoms with E-state index in [0.717, 1.165) is 37.9 Å². The summed E-state index contributed by atoms with van der Waals surface area (Å²) in [5.41, 5.74) is 13.4. The van der Waals surface area contributed by atoms with Gasteiger partial charge in [0.05, 0.1) is 54.4 Å². The van der Waals surface area contributed by atoms with Gasteiger partial charge in [0.1, 0.15) is 47.4 Å². The van der Waals surface area contributed by atoms with Crippen molar-refractivity contribution in [2.45, 2.75) is 23.6 Å². The average molecular weight is 998 g/mol. The molecule has 0 saturated carbocycles. The molecule has 0 fully saturated rings. The molecule has 27 heteroatoms. The Morgan fingerprint density at radius 1 is 0.657 bits per heavy atom. The van der Waals surface area contributed by atoms with Crippen LogP contribution in [0.4, 0.5) is 56.9 Å². The number of hydrazone groups is 1. The number of nitrogen functional groups attached to an aromatic ring is 2. The predicted molar refractivity (Wildman–Crippen MR) is 238 cm³/mol. The monoisotopic (exact) mass is 997 g/mol. The van der Waals surface area contributed by atoms with Crippen molar-refractivity contribution in [2.24, 2.45) is 25.6 Å². The van der Waals surface area contributed by atoms with Crippen LogP contribution in [0.2, 0.25) is 0 Å². The van der Waals surface area contributed by atoms with Crippen molar-refractivity contribution < 1.29 is 132 Å². The van der Waals surface area contributed by atoms with Crippen molar-refractivity contribution >= 4 is 105 Å². The maximum absolute atomic E-state index is 13.7. The van der Waals surface area contributed by atoms with Gasteiger partial charge in [-0.2, -0.15) is 15.3 Å². The second kappa shape index (κ2) is 24.6. The van der Waals surface area contributed by atoms with Gasteiger partial charge in [-0.25, -0.2) is 25.3 Å². The molecule has 0 unspecified atom stereocenters. The summed E-state index contributed by atoms with van der Waals surface area (Å²) in [6, 6.07) is 23.2. The maximum Gasteiger partial charge on any atom is 1.00 e. The molecular weight excluding hydrogens is 960 g/mol. The van der Waals surface area contributed by atoms with Gasteiger partial charge in [-0.3, -0.25) is 10.2 Å².